The summed E-state index contributed by atoms with van der Waals surface area (Å²) >= 11 is 12.1. The van der Waals surface area contributed by atoms with E-state index in [1.54, 1.807) is 35.2 Å². The van der Waals surface area contributed by atoms with Gasteiger partial charge in [-0.05, 0) is 54.8 Å². The van der Waals surface area contributed by atoms with Gasteiger partial charge in [0.15, 0.2) is 0 Å². The Morgan fingerprint density at radius 3 is 2.43 bits per heavy atom. The molecule has 4 rings (SSSR count). The average molecular weight is 418 g/mol. The van der Waals surface area contributed by atoms with E-state index >= 15 is 0 Å². The second-order valence-electron chi connectivity index (χ2n) is 7.08. The molecular weight excluding hydrogens is 401 g/mol. The molecule has 3 amide bonds. The highest BCUT2D eigenvalue weighted by molar-refractivity contribution is 6.36. The lowest BCUT2D eigenvalue weighted by atomic mass is 9.73. The largest absolute Gasteiger partial charge is 0.366 e. The van der Waals surface area contributed by atoms with Crippen molar-refractivity contribution in [3.05, 3.63) is 63.1 Å². The fraction of sp³-hybridized carbons (Fsp3) is 0.250. The molecule has 1 saturated heterocycles. The van der Waals surface area contributed by atoms with Gasteiger partial charge in [0.05, 0.1) is 16.0 Å². The van der Waals surface area contributed by atoms with Crippen molar-refractivity contribution in [3.63, 3.8) is 0 Å². The number of piperidine rings is 1. The molecule has 0 unspecified atom stereocenters. The molecule has 3 N–H and O–H groups in total. The Morgan fingerprint density at radius 1 is 1.07 bits per heavy atom. The third-order valence-electron chi connectivity index (χ3n) is 5.57. The molecule has 144 valence electrons. The van der Waals surface area contributed by atoms with Gasteiger partial charge in [0.2, 0.25) is 11.8 Å². The summed E-state index contributed by atoms with van der Waals surface area (Å²) in [5, 5.41) is 3.65. The molecule has 2 aromatic rings. The zero-order valence-electron chi connectivity index (χ0n) is 14.8. The normalized spacial score (nSPS) is 17.4. The summed E-state index contributed by atoms with van der Waals surface area (Å²) in [5.74, 6) is -0.843. The van der Waals surface area contributed by atoms with Gasteiger partial charge >= 0.3 is 0 Å². The molecule has 2 aliphatic heterocycles. The number of likely N-dealkylation sites (tertiary alicyclic amines) is 1. The molecular formula is C20H17Cl2N3O3. The Balaban J connectivity index is 1.59. The van der Waals surface area contributed by atoms with Crippen molar-refractivity contribution in [2.45, 2.75) is 18.3 Å². The first kappa shape index (κ1) is 18.8. The van der Waals surface area contributed by atoms with Gasteiger partial charge in [0.25, 0.3) is 5.91 Å². The van der Waals surface area contributed by atoms with E-state index in [0.29, 0.717) is 52.8 Å². The van der Waals surface area contributed by atoms with Gasteiger partial charge in [-0.15, -0.1) is 0 Å². The number of hydrogen-bond acceptors (Lipinski definition) is 3. The average Bonchev–Trinajstić information content (AvgIpc) is 2.93. The monoisotopic (exact) mass is 417 g/mol. The SMILES string of the molecule is NC(=O)c1ccc2c(c1)C1(CCN(C(=O)c3ccc(Cl)cc3Cl)CC1)C(=O)N2. The number of nitrogens with zero attached hydrogens (tertiary/aromatic N) is 1. The number of carbonyl (C=O) groups excluding carboxylic acids is 3. The van der Waals surface area contributed by atoms with Crippen LogP contribution in [0.5, 0.6) is 0 Å². The maximum absolute atomic E-state index is 12.8. The van der Waals surface area contributed by atoms with Crippen molar-refractivity contribution in [2.75, 3.05) is 18.4 Å². The number of hydrogen-bond donors (Lipinski definition) is 2. The molecule has 1 spiro atoms. The van der Waals surface area contributed by atoms with Gasteiger partial charge < -0.3 is 16.0 Å². The quantitative estimate of drug-likeness (QED) is 0.785. The molecule has 28 heavy (non-hydrogen) atoms. The van der Waals surface area contributed by atoms with Gasteiger partial charge in [-0.25, -0.2) is 0 Å². The minimum absolute atomic E-state index is 0.110. The first-order valence-corrected chi connectivity index (χ1v) is 9.57. The Labute approximate surface area is 171 Å². The molecule has 0 bridgehead atoms. The lowest BCUT2D eigenvalue weighted by Gasteiger charge is -2.38. The molecule has 0 saturated carbocycles. The lowest BCUT2D eigenvalue weighted by Crippen LogP contribution is -2.48. The number of halogens is 2. The summed E-state index contributed by atoms with van der Waals surface area (Å²) in [6.07, 6.45) is 0.899. The van der Waals surface area contributed by atoms with E-state index in [1.807, 2.05) is 0 Å². The summed E-state index contributed by atoms with van der Waals surface area (Å²) in [5.41, 5.74) is 6.83. The van der Waals surface area contributed by atoms with E-state index in [9.17, 15) is 14.4 Å². The van der Waals surface area contributed by atoms with Gasteiger partial charge in [-0.3, -0.25) is 14.4 Å². The molecule has 0 atom stereocenters. The van der Waals surface area contributed by atoms with Crippen LogP contribution in [0.3, 0.4) is 0 Å². The molecule has 1 fully saturated rings. The Kier molecular flexibility index (Phi) is 4.56. The van der Waals surface area contributed by atoms with E-state index in [0.717, 1.165) is 5.56 Å². The van der Waals surface area contributed by atoms with Crippen molar-refractivity contribution in [1.82, 2.24) is 4.90 Å². The predicted molar refractivity (Wildman–Crippen MR) is 107 cm³/mol. The maximum atomic E-state index is 12.8. The van der Waals surface area contributed by atoms with Gasteiger partial charge in [0, 0.05) is 29.4 Å². The topological polar surface area (TPSA) is 92.5 Å². The molecule has 2 heterocycles. The Hall–Kier alpha value is -2.57. The van der Waals surface area contributed by atoms with E-state index in [-0.39, 0.29) is 11.8 Å². The Bertz CT molecular complexity index is 1010. The van der Waals surface area contributed by atoms with Crippen LogP contribution in [0, 0.1) is 0 Å². The van der Waals surface area contributed by atoms with Crippen LogP contribution in [0.1, 0.15) is 39.1 Å². The number of carbonyl (C=O) groups is 3. The zero-order valence-corrected chi connectivity index (χ0v) is 16.3. The van der Waals surface area contributed by atoms with Crippen LogP contribution in [0.15, 0.2) is 36.4 Å². The number of rotatable bonds is 2. The molecule has 8 heteroatoms. The van der Waals surface area contributed by atoms with Gasteiger partial charge in [-0.2, -0.15) is 0 Å². The van der Waals surface area contributed by atoms with Crippen LogP contribution in [0.25, 0.3) is 0 Å². The van der Waals surface area contributed by atoms with Gasteiger partial charge in [-0.1, -0.05) is 23.2 Å². The van der Waals surface area contributed by atoms with Crippen LogP contribution in [-0.2, 0) is 10.2 Å². The van der Waals surface area contributed by atoms with Crippen LogP contribution < -0.4 is 11.1 Å². The zero-order chi connectivity index (χ0) is 20.1. The molecule has 2 aromatic carbocycles. The van der Waals surface area contributed by atoms with Crippen LogP contribution in [0.2, 0.25) is 10.0 Å². The first-order chi connectivity index (χ1) is 13.3. The Morgan fingerprint density at radius 2 is 1.79 bits per heavy atom. The number of nitrogens with two attached hydrogens (primary N) is 1. The molecule has 0 aromatic heterocycles. The van der Waals surface area contributed by atoms with E-state index < -0.39 is 11.3 Å². The van der Waals surface area contributed by atoms with Crippen LogP contribution in [0.4, 0.5) is 5.69 Å². The van der Waals surface area contributed by atoms with Crippen LogP contribution in [-0.4, -0.2) is 35.7 Å². The number of nitrogens with one attached hydrogen (secondary N) is 1. The highest BCUT2D eigenvalue weighted by Crippen LogP contribution is 2.45. The van der Waals surface area contributed by atoms with Crippen molar-refractivity contribution >= 4 is 46.6 Å². The summed E-state index contributed by atoms with van der Waals surface area (Å²) in [6, 6.07) is 9.75. The molecule has 2 aliphatic rings. The smallest absolute Gasteiger partial charge is 0.255 e. The second kappa shape index (κ2) is 6.79. The summed E-state index contributed by atoms with van der Waals surface area (Å²) in [4.78, 5) is 38.8. The minimum Gasteiger partial charge on any atom is -0.366 e. The fourth-order valence-electron chi connectivity index (χ4n) is 3.99. The number of anilines is 1. The highest BCUT2D eigenvalue weighted by atomic mass is 35.5. The van der Waals surface area contributed by atoms with Crippen molar-refractivity contribution < 1.29 is 14.4 Å². The first-order valence-electron chi connectivity index (χ1n) is 8.82. The van der Waals surface area contributed by atoms with E-state index in [4.69, 9.17) is 28.9 Å². The highest BCUT2D eigenvalue weighted by Gasteiger charge is 2.49. The summed E-state index contributed by atoms with van der Waals surface area (Å²) in [7, 11) is 0. The summed E-state index contributed by atoms with van der Waals surface area (Å²) < 4.78 is 0. The number of fused-ring (bicyclic) bond motifs is 2. The number of benzene rings is 2. The minimum atomic E-state index is -0.763. The second-order valence-corrected chi connectivity index (χ2v) is 7.92. The third-order valence-corrected chi connectivity index (χ3v) is 6.12. The standard InChI is InChI=1S/C20H17Cl2N3O3/c21-12-2-3-13(15(22)10-12)18(27)25-7-5-20(6-8-25)14-9-11(17(23)26)1-4-16(14)24-19(20)28/h1-4,9-10H,5-8H2,(H2,23,26)(H,24,28). The fourth-order valence-corrected chi connectivity index (χ4v) is 4.48. The van der Waals surface area contributed by atoms with Crippen molar-refractivity contribution in [1.29, 1.82) is 0 Å². The lowest BCUT2D eigenvalue weighted by molar-refractivity contribution is -0.122. The maximum Gasteiger partial charge on any atom is 0.255 e. The molecule has 0 aliphatic carbocycles. The van der Waals surface area contributed by atoms with Crippen LogP contribution >= 0.6 is 23.2 Å². The van der Waals surface area contributed by atoms with Gasteiger partial charge in [0.1, 0.15) is 0 Å². The van der Waals surface area contributed by atoms with E-state index in [2.05, 4.69) is 5.32 Å². The van der Waals surface area contributed by atoms with E-state index in [1.165, 1.54) is 6.07 Å². The predicted octanol–water partition coefficient (Wildman–Crippen LogP) is 3.22. The molecule has 6 nitrogen and oxygen atoms in total. The number of primary amides is 1. The molecule has 0 radical (unpaired) electrons. The van der Waals surface area contributed by atoms with Crippen molar-refractivity contribution in [2.24, 2.45) is 5.73 Å². The number of amides is 3. The van der Waals surface area contributed by atoms with Crippen molar-refractivity contribution in [3.8, 4) is 0 Å². The summed E-state index contributed by atoms with van der Waals surface area (Å²) in [6.45, 7) is 0.789. The third kappa shape index (κ3) is 2.93.